The fourth-order valence-corrected chi connectivity index (χ4v) is 1.68. The molecule has 0 aliphatic rings. The van der Waals surface area contributed by atoms with Gasteiger partial charge in [0.15, 0.2) is 0 Å². The number of carbonyl (C=O) groups excluding carboxylic acids is 1. The van der Waals surface area contributed by atoms with Crippen molar-refractivity contribution in [1.29, 1.82) is 0 Å². The average molecular weight is 270 g/mol. The van der Waals surface area contributed by atoms with Crippen molar-refractivity contribution in [3.05, 3.63) is 28.3 Å². The summed E-state index contributed by atoms with van der Waals surface area (Å²) in [5.41, 5.74) is 0.0120. The summed E-state index contributed by atoms with van der Waals surface area (Å²) in [7, 11) is 0. The monoisotopic (exact) mass is 270 g/mol. The molecule has 1 N–H and O–H groups in total. The standard InChI is InChI=1S/C11H14N2O4S/c1-3-17-8-4-5-9(10(6-8)13(15)16)12-11(14)7-18-2/h4-6H,3,7H2,1-2H3,(H,12,14). The number of hydrogen-bond donors (Lipinski definition) is 1. The second-order valence-electron chi connectivity index (χ2n) is 3.35. The minimum absolute atomic E-state index is 0.171. The second-order valence-corrected chi connectivity index (χ2v) is 4.22. The molecule has 0 bridgehead atoms. The van der Waals surface area contributed by atoms with Gasteiger partial charge < -0.3 is 10.1 Å². The van der Waals surface area contributed by atoms with Gasteiger partial charge in [-0.25, -0.2) is 0 Å². The van der Waals surface area contributed by atoms with Crippen molar-refractivity contribution in [2.45, 2.75) is 6.92 Å². The maximum atomic E-state index is 11.4. The van der Waals surface area contributed by atoms with Crippen molar-refractivity contribution < 1.29 is 14.5 Å². The predicted octanol–water partition coefficient (Wildman–Crippen LogP) is 2.29. The molecular formula is C11H14N2O4S. The van der Waals surface area contributed by atoms with Crippen molar-refractivity contribution in [3.63, 3.8) is 0 Å². The van der Waals surface area contributed by atoms with Crippen molar-refractivity contribution in [2.24, 2.45) is 0 Å². The van der Waals surface area contributed by atoms with Crippen LogP contribution in [-0.4, -0.2) is 29.4 Å². The number of nitro benzene ring substituents is 1. The van der Waals surface area contributed by atoms with Crippen LogP contribution in [0.1, 0.15) is 6.92 Å². The molecule has 1 amide bonds. The summed E-state index contributed by atoms with van der Waals surface area (Å²) in [5, 5.41) is 13.4. The maximum absolute atomic E-state index is 11.4. The lowest BCUT2D eigenvalue weighted by atomic mass is 10.2. The molecule has 1 aromatic rings. The van der Waals surface area contributed by atoms with E-state index in [1.54, 1.807) is 19.2 Å². The number of benzene rings is 1. The van der Waals surface area contributed by atoms with Crippen LogP contribution in [0.3, 0.4) is 0 Å². The largest absolute Gasteiger partial charge is 0.494 e. The predicted molar refractivity (Wildman–Crippen MR) is 71.3 cm³/mol. The molecule has 0 saturated carbocycles. The Labute approximate surface area is 109 Å². The third-order valence-corrected chi connectivity index (χ3v) is 2.58. The van der Waals surface area contributed by atoms with Gasteiger partial charge in [0, 0.05) is 0 Å². The van der Waals surface area contributed by atoms with Gasteiger partial charge in [0.1, 0.15) is 11.4 Å². The van der Waals surface area contributed by atoms with Crippen molar-refractivity contribution in [1.82, 2.24) is 0 Å². The SMILES string of the molecule is CCOc1ccc(NC(=O)CSC)c([N+](=O)[O-])c1. The van der Waals surface area contributed by atoms with Gasteiger partial charge >= 0.3 is 0 Å². The van der Waals surface area contributed by atoms with Gasteiger partial charge in [-0.15, -0.1) is 0 Å². The number of nitro groups is 1. The van der Waals surface area contributed by atoms with Gasteiger partial charge in [-0.3, -0.25) is 14.9 Å². The van der Waals surface area contributed by atoms with Gasteiger partial charge in [0.2, 0.25) is 5.91 Å². The van der Waals surface area contributed by atoms with Crippen LogP contribution in [0.4, 0.5) is 11.4 Å². The first kappa shape index (κ1) is 14.3. The van der Waals surface area contributed by atoms with E-state index in [-0.39, 0.29) is 23.0 Å². The number of thioether (sulfide) groups is 1. The number of nitrogens with zero attached hydrogens (tertiary/aromatic N) is 1. The van der Waals surface area contributed by atoms with Gasteiger partial charge in [-0.05, 0) is 25.3 Å². The van der Waals surface area contributed by atoms with Gasteiger partial charge in [0.25, 0.3) is 5.69 Å². The highest BCUT2D eigenvalue weighted by atomic mass is 32.2. The molecule has 0 spiro atoms. The van der Waals surface area contributed by atoms with Crippen LogP contribution >= 0.6 is 11.8 Å². The number of anilines is 1. The molecule has 0 fully saturated rings. The number of amides is 1. The number of hydrogen-bond acceptors (Lipinski definition) is 5. The molecule has 0 aromatic heterocycles. The molecule has 0 atom stereocenters. The molecular weight excluding hydrogens is 256 g/mol. The van der Waals surface area contributed by atoms with E-state index in [0.717, 1.165) is 0 Å². The molecule has 0 radical (unpaired) electrons. The highest BCUT2D eigenvalue weighted by Crippen LogP contribution is 2.29. The average Bonchev–Trinajstić information content (AvgIpc) is 2.31. The first-order valence-corrected chi connectivity index (χ1v) is 6.68. The Balaban J connectivity index is 2.96. The molecule has 1 rings (SSSR count). The summed E-state index contributed by atoms with van der Waals surface area (Å²) in [4.78, 5) is 21.8. The van der Waals surface area contributed by atoms with Crippen LogP contribution in [0.5, 0.6) is 5.75 Å². The summed E-state index contributed by atoms with van der Waals surface area (Å²) < 4.78 is 5.18. The van der Waals surface area contributed by atoms with Crippen molar-refractivity contribution >= 4 is 29.0 Å². The molecule has 0 aliphatic carbocycles. The number of nitrogens with one attached hydrogen (secondary N) is 1. The van der Waals surface area contributed by atoms with Crippen LogP contribution in [0.2, 0.25) is 0 Å². The highest BCUT2D eigenvalue weighted by molar-refractivity contribution is 7.99. The molecule has 0 heterocycles. The summed E-state index contributed by atoms with van der Waals surface area (Å²) >= 11 is 1.35. The van der Waals surface area contributed by atoms with Crippen LogP contribution in [0.25, 0.3) is 0 Å². The van der Waals surface area contributed by atoms with Crippen molar-refractivity contribution in [3.8, 4) is 5.75 Å². The van der Waals surface area contributed by atoms with Gasteiger partial charge in [0.05, 0.1) is 23.3 Å². The normalized spacial score (nSPS) is 9.89. The smallest absolute Gasteiger partial charge is 0.296 e. The van der Waals surface area contributed by atoms with E-state index in [9.17, 15) is 14.9 Å². The zero-order valence-electron chi connectivity index (χ0n) is 10.1. The second kappa shape index (κ2) is 6.85. The molecule has 98 valence electrons. The summed E-state index contributed by atoms with van der Waals surface area (Å²) in [5.74, 6) is 0.395. The Bertz CT molecular complexity index is 451. The zero-order valence-corrected chi connectivity index (χ0v) is 11.0. The van der Waals surface area contributed by atoms with E-state index < -0.39 is 4.92 Å². The Morgan fingerprint density at radius 1 is 1.56 bits per heavy atom. The number of carbonyl (C=O) groups is 1. The molecule has 0 unspecified atom stereocenters. The van der Waals surface area contributed by atoms with Crippen LogP contribution in [0, 0.1) is 10.1 Å². The van der Waals surface area contributed by atoms with E-state index in [1.165, 1.54) is 23.9 Å². The Morgan fingerprint density at radius 2 is 2.28 bits per heavy atom. The first-order chi connectivity index (χ1) is 8.58. The lowest BCUT2D eigenvalue weighted by molar-refractivity contribution is -0.384. The summed E-state index contributed by atoms with van der Waals surface area (Å²) in [6, 6.07) is 4.37. The molecule has 6 nitrogen and oxygen atoms in total. The zero-order chi connectivity index (χ0) is 13.5. The van der Waals surface area contributed by atoms with E-state index in [1.807, 2.05) is 0 Å². The van der Waals surface area contributed by atoms with Crippen LogP contribution in [0.15, 0.2) is 18.2 Å². The molecule has 0 saturated heterocycles. The Kier molecular flexibility index (Phi) is 5.44. The van der Waals surface area contributed by atoms with Gasteiger partial charge in [-0.2, -0.15) is 11.8 Å². The lowest BCUT2D eigenvalue weighted by Gasteiger charge is -2.07. The van der Waals surface area contributed by atoms with E-state index in [0.29, 0.717) is 12.4 Å². The van der Waals surface area contributed by atoms with E-state index in [4.69, 9.17) is 4.74 Å². The highest BCUT2D eigenvalue weighted by Gasteiger charge is 2.16. The fourth-order valence-electron chi connectivity index (χ4n) is 1.34. The molecule has 18 heavy (non-hydrogen) atoms. The minimum atomic E-state index is -0.544. The summed E-state index contributed by atoms with van der Waals surface area (Å²) in [6.45, 7) is 2.22. The topological polar surface area (TPSA) is 81.5 Å². The third-order valence-electron chi connectivity index (χ3n) is 2.03. The quantitative estimate of drug-likeness (QED) is 0.633. The minimum Gasteiger partial charge on any atom is -0.494 e. The number of ether oxygens (including phenoxy) is 1. The molecule has 0 aliphatic heterocycles. The Morgan fingerprint density at radius 3 is 2.83 bits per heavy atom. The fraction of sp³-hybridized carbons (Fsp3) is 0.364. The van der Waals surface area contributed by atoms with E-state index in [2.05, 4.69) is 5.32 Å². The van der Waals surface area contributed by atoms with E-state index >= 15 is 0 Å². The third kappa shape index (κ3) is 3.92. The Hall–Kier alpha value is -1.76. The van der Waals surface area contributed by atoms with Crippen LogP contribution < -0.4 is 10.1 Å². The molecule has 7 heteroatoms. The van der Waals surface area contributed by atoms with Gasteiger partial charge in [-0.1, -0.05) is 0 Å². The maximum Gasteiger partial charge on any atom is 0.296 e. The first-order valence-electron chi connectivity index (χ1n) is 5.28. The lowest BCUT2D eigenvalue weighted by Crippen LogP contribution is -2.14. The summed E-state index contributed by atoms with van der Waals surface area (Å²) in [6.07, 6.45) is 1.78. The van der Waals surface area contributed by atoms with Crippen LogP contribution in [-0.2, 0) is 4.79 Å². The van der Waals surface area contributed by atoms with Crippen molar-refractivity contribution in [2.75, 3.05) is 23.9 Å². The number of rotatable bonds is 6. The molecule has 1 aromatic carbocycles.